The molecule has 0 aliphatic carbocycles. The molecule has 5 heteroatoms. The van der Waals surface area contributed by atoms with E-state index in [9.17, 15) is 9.59 Å². The normalized spacial score (nSPS) is 24.6. The van der Waals surface area contributed by atoms with Crippen LogP contribution in [0.25, 0.3) is 0 Å². The van der Waals surface area contributed by atoms with Gasteiger partial charge in [0.2, 0.25) is 5.91 Å². The first-order chi connectivity index (χ1) is 13.2. The summed E-state index contributed by atoms with van der Waals surface area (Å²) in [6, 6.07) is 17.2. The molecule has 4 rings (SSSR count). The molecule has 2 aliphatic rings. The Morgan fingerprint density at radius 2 is 1.59 bits per heavy atom. The van der Waals surface area contributed by atoms with Crippen molar-refractivity contribution in [2.75, 3.05) is 9.96 Å². The molecule has 2 aromatic carbocycles. The van der Waals surface area contributed by atoms with Gasteiger partial charge in [-0.2, -0.15) is 0 Å². The highest BCUT2D eigenvalue weighted by molar-refractivity contribution is 6.23. The molecule has 0 bridgehead atoms. The summed E-state index contributed by atoms with van der Waals surface area (Å²) in [5, 5.41) is 1.77. The number of benzene rings is 2. The van der Waals surface area contributed by atoms with Gasteiger partial charge in [-0.25, -0.2) is 9.96 Å². The summed E-state index contributed by atoms with van der Waals surface area (Å²) in [5.41, 5.74) is 2.68. The molecule has 0 saturated carbocycles. The van der Waals surface area contributed by atoms with E-state index in [1.54, 1.807) is 5.06 Å². The first kappa shape index (κ1) is 17.7. The summed E-state index contributed by atoms with van der Waals surface area (Å²) in [4.78, 5) is 33.6. The molecular formula is C22H24N2O3. The van der Waals surface area contributed by atoms with Gasteiger partial charge in [0, 0.05) is 0 Å². The lowest BCUT2D eigenvalue weighted by Gasteiger charge is -2.28. The van der Waals surface area contributed by atoms with E-state index in [0.29, 0.717) is 5.69 Å². The number of amides is 2. The number of nitrogens with zero attached hydrogens (tertiary/aromatic N) is 2. The van der Waals surface area contributed by atoms with E-state index in [0.717, 1.165) is 24.9 Å². The summed E-state index contributed by atoms with van der Waals surface area (Å²) >= 11 is 0. The minimum atomic E-state index is -0.750. The van der Waals surface area contributed by atoms with E-state index < -0.39 is 12.0 Å². The number of hydroxylamine groups is 1. The number of imide groups is 1. The third-order valence-electron chi connectivity index (χ3n) is 5.44. The van der Waals surface area contributed by atoms with Crippen molar-refractivity contribution < 1.29 is 14.4 Å². The first-order valence-electron chi connectivity index (χ1n) is 9.63. The van der Waals surface area contributed by atoms with Crippen LogP contribution < -0.4 is 9.96 Å². The van der Waals surface area contributed by atoms with Gasteiger partial charge < -0.3 is 0 Å². The van der Waals surface area contributed by atoms with Crippen LogP contribution in [0.2, 0.25) is 0 Å². The highest BCUT2D eigenvalue weighted by atomic mass is 16.7. The Bertz CT molecular complexity index is 834. The van der Waals surface area contributed by atoms with Gasteiger partial charge in [0.1, 0.15) is 0 Å². The monoisotopic (exact) mass is 364 g/mol. The van der Waals surface area contributed by atoms with Crippen LogP contribution >= 0.6 is 0 Å². The standard InChI is InChI=1S/C22H24N2O3/c1-3-8-18-19-20(27-24(18)17-9-6-5-7-10-17)22(26)23(21(19)25)16-13-11-15(4-2)12-14-16/h5-7,9-14,18-20H,3-4,8H2,1-2H3/t18-,19-,20-/m0/s1. The van der Waals surface area contributed by atoms with Crippen LogP contribution in [0.5, 0.6) is 0 Å². The fraction of sp³-hybridized carbons (Fsp3) is 0.364. The van der Waals surface area contributed by atoms with Crippen molar-refractivity contribution in [2.45, 2.75) is 45.3 Å². The van der Waals surface area contributed by atoms with Gasteiger partial charge in [0.15, 0.2) is 6.10 Å². The van der Waals surface area contributed by atoms with Crippen molar-refractivity contribution in [3.63, 3.8) is 0 Å². The molecule has 2 fully saturated rings. The number of carbonyl (C=O) groups is 2. The molecule has 0 unspecified atom stereocenters. The van der Waals surface area contributed by atoms with E-state index in [2.05, 4.69) is 13.8 Å². The van der Waals surface area contributed by atoms with Crippen molar-refractivity contribution in [1.29, 1.82) is 0 Å². The highest BCUT2D eigenvalue weighted by Gasteiger charge is 2.59. The smallest absolute Gasteiger partial charge is 0.266 e. The van der Waals surface area contributed by atoms with Gasteiger partial charge in [-0.15, -0.1) is 0 Å². The largest absolute Gasteiger partial charge is 0.273 e. The maximum atomic E-state index is 13.2. The summed E-state index contributed by atoms with van der Waals surface area (Å²) in [5.74, 6) is -0.900. The van der Waals surface area contributed by atoms with E-state index in [-0.39, 0.29) is 17.9 Å². The van der Waals surface area contributed by atoms with Gasteiger partial charge in [-0.1, -0.05) is 50.6 Å². The SMILES string of the molecule is CCC[C@H]1[C@@H]2C(=O)N(c3ccc(CC)cc3)C(=O)[C@H]2ON1c1ccccc1. The minimum absolute atomic E-state index is 0.140. The van der Waals surface area contributed by atoms with E-state index >= 15 is 0 Å². The second kappa shape index (κ2) is 7.16. The topological polar surface area (TPSA) is 49.9 Å². The van der Waals surface area contributed by atoms with Crippen LogP contribution in [0.4, 0.5) is 11.4 Å². The molecule has 27 heavy (non-hydrogen) atoms. The van der Waals surface area contributed by atoms with E-state index in [1.165, 1.54) is 10.5 Å². The average molecular weight is 364 g/mol. The maximum Gasteiger partial charge on any atom is 0.266 e. The Hall–Kier alpha value is -2.66. The summed E-state index contributed by atoms with van der Waals surface area (Å²) in [6.45, 7) is 4.16. The predicted octanol–water partition coefficient (Wildman–Crippen LogP) is 3.73. The maximum absolute atomic E-state index is 13.2. The molecular weight excluding hydrogens is 340 g/mol. The summed E-state index contributed by atoms with van der Waals surface area (Å²) in [7, 11) is 0. The molecule has 2 saturated heterocycles. The predicted molar refractivity (Wildman–Crippen MR) is 104 cm³/mol. The van der Waals surface area contributed by atoms with Crippen molar-refractivity contribution >= 4 is 23.2 Å². The Kier molecular flexibility index (Phi) is 4.70. The third-order valence-corrected chi connectivity index (χ3v) is 5.44. The Morgan fingerprint density at radius 3 is 2.22 bits per heavy atom. The van der Waals surface area contributed by atoms with Crippen molar-refractivity contribution in [3.05, 3.63) is 60.2 Å². The van der Waals surface area contributed by atoms with Gasteiger partial charge in [0.05, 0.1) is 23.3 Å². The number of anilines is 2. The Labute approximate surface area is 159 Å². The van der Waals surface area contributed by atoms with Crippen molar-refractivity contribution in [1.82, 2.24) is 0 Å². The zero-order valence-corrected chi connectivity index (χ0v) is 15.7. The molecule has 3 atom stereocenters. The van der Waals surface area contributed by atoms with E-state index in [4.69, 9.17) is 4.84 Å². The molecule has 0 aromatic heterocycles. The van der Waals surface area contributed by atoms with Crippen LogP contribution in [-0.2, 0) is 20.8 Å². The Morgan fingerprint density at radius 1 is 0.889 bits per heavy atom. The van der Waals surface area contributed by atoms with Crippen LogP contribution in [0, 0.1) is 5.92 Å². The fourth-order valence-corrected chi connectivity index (χ4v) is 4.05. The number of para-hydroxylation sites is 1. The lowest BCUT2D eigenvalue weighted by molar-refractivity contribution is -0.126. The number of rotatable bonds is 5. The van der Waals surface area contributed by atoms with Gasteiger partial charge in [0.25, 0.3) is 5.91 Å². The van der Waals surface area contributed by atoms with Crippen molar-refractivity contribution in [2.24, 2.45) is 5.92 Å². The second-order valence-corrected chi connectivity index (χ2v) is 7.10. The number of hydrogen-bond acceptors (Lipinski definition) is 4. The first-order valence-corrected chi connectivity index (χ1v) is 9.63. The molecule has 2 heterocycles. The van der Waals surface area contributed by atoms with Crippen molar-refractivity contribution in [3.8, 4) is 0 Å². The molecule has 0 spiro atoms. The van der Waals surface area contributed by atoms with Crippen LogP contribution in [0.1, 0.15) is 32.3 Å². The Balaban J connectivity index is 1.65. The van der Waals surface area contributed by atoms with Crippen LogP contribution in [-0.4, -0.2) is 24.0 Å². The van der Waals surface area contributed by atoms with E-state index in [1.807, 2.05) is 54.6 Å². The fourth-order valence-electron chi connectivity index (χ4n) is 4.05. The van der Waals surface area contributed by atoms with Crippen LogP contribution in [0.3, 0.4) is 0 Å². The third kappa shape index (κ3) is 2.92. The zero-order valence-electron chi connectivity index (χ0n) is 15.7. The molecule has 140 valence electrons. The molecule has 2 amide bonds. The second-order valence-electron chi connectivity index (χ2n) is 7.10. The molecule has 0 radical (unpaired) electrons. The number of carbonyl (C=O) groups excluding carboxylic acids is 2. The van der Waals surface area contributed by atoms with Crippen LogP contribution in [0.15, 0.2) is 54.6 Å². The quantitative estimate of drug-likeness (QED) is 0.759. The molecule has 0 N–H and O–H groups in total. The summed E-state index contributed by atoms with van der Waals surface area (Å²) < 4.78 is 0. The van der Waals surface area contributed by atoms with Gasteiger partial charge in [-0.3, -0.25) is 14.4 Å². The number of hydrogen-bond donors (Lipinski definition) is 0. The highest BCUT2D eigenvalue weighted by Crippen LogP contribution is 2.41. The number of aryl methyl sites for hydroxylation is 1. The molecule has 2 aliphatic heterocycles. The lowest BCUT2D eigenvalue weighted by Crippen LogP contribution is -2.40. The molecule has 5 nitrogen and oxygen atoms in total. The lowest BCUT2D eigenvalue weighted by atomic mass is 9.93. The van der Waals surface area contributed by atoms with Gasteiger partial charge in [-0.05, 0) is 42.7 Å². The summed E-state index contributed by atoms with van der Waals surface area (Å²) in [6.07, 6.45) is 1.87. The van der Waals surface area contributed by atoms with Gasteiger partial charge >= 0.3 is 0 Å². The minimum Gasteiger partial charge on any atom is -0.273 e. The average Bonchev–Trinajstić information content (AvgIpc) is 3.19. The number of fused-ring (bicyclic) bond motifs is 1. The zero-order chi connectivity index (χ0) is 19.0. The molecule has 2 aromatic rings.